The van der Waals surface area contributed by atoms with E-state index in [-0.39, 0.29) is 0 Å². The molecule has 0 atom stereocenters. The lowest BCUT2D eigenvalue weighted by Crippen LogP contribution is -2.18. The molecule has 0 aliphatic rings. The Morgan fingerprint density at radius 1 is 1.57 bits per heavy atom. The molecule has 7 heavy (non-hydrogen) atoms. The Bertz CT molecular complexity index is 30.3. The van der Waals surface area contributed by atoms with E-state index in [1.165, 1.54) is 5.01 Å². The highest BCUT2D eigenvalue weighted by Crippen LogP contribution is 1.38. The van der Waals surface area contributed by atoms with Gasteiger partial charge in [0.1, 0.15) is 0 Å². The van der Waals surface area contributed by atoms with E-state index in [0.717, 1.165) is 0 Å². The van der Waals surface area contributed by atoms with Gasteiger partial charge < -0.3 is 0 Å². The van der Waals surface area contributed by atoms with Crippen LogP contribution in [0.2, 0.25) is 0 Å². The average molecular weight is 102 g/mol. The number of hydrazine groups is 1. The Balaban J connectivity index is 0. The van der Waals surface area contributed by atoms with Crippen LogP contribution in [-0.4, -0.2) is 19.1 Å². The standard InChI is InChI=1S/C3H6.C2H8N2/c1-3-2;1-4(2)3/h3H,1H2,2H3;3H2,1-2H3. The third-order valence-electron chi connectivity index (χ3n) is 0. The van der Waals surface area contributed by atoms with E-state index < -0.39 is 0 Å². The van der Waals surface area contributed by atoms with Crippen molar-refractivity contribution < 1.29 is 0 Å². The Morgan fingerprint density at radius 2 is 1.57 bits per heavy atom. The maximum atomic E-state index is 4.94. The normalized spacial score (nSPS) is 7.00. The van der Waals surface area contributed by atoms with E-state index in [4.69, 9.17) is 5.84 Å². The summed E-state index contributed by atoms with van der Waals surface area (Å²) in [4.78, 5) is 0. The van der Waals surface area contributed by atoms with E-state index in [9.17, 15) is 0 Å². The van der Waals surface area contributed by atoms with Crippen molar-refractivity contribution in [3.8, 4) is 0 Å². The smallest absolute Gasteiger partial charge is 0.00105 e. The zero-order valence-corrected chi connectivity index (χ0v) is 5.31. The van der Waals surface area contributed by atoms with Gasteiger partial charge >= 0.3 is 0 Å². The van der Waals surface area contributed by atoms with Crippen LogP contribution in [0.4, 0.5) is 0 Å². The van der Waals surface area contributed by atoms with Crippen molar-refractivity contribution in [2.45, 2.75) is 6.92 Å². The zero-order valence-electron chi connectivity index (χ0n) is 5.31. The Hall–Kier alpha value is -0.340. The Labute approximate surface area is 45.6 Å². The van der Waals surface area contributed by atoms with Crippen LogP contribution >= 0.6 is 0 Å². The summed E-state index contributed by atoms with van der Waals surface area (Å²) in [5, 5.41) is 1.50. The molecule has 0 aromatic carbocycles. The van der Waals surface area contributed by atoms with Crippen molar-refractivity contribution in [2.75, 3.05) is 14.1 Å². The first-order valence-electron chi connectivity index (χ1n) is 2.14. The molecule has 2 heteroatoms. The molecule has 0 saturated carbocycles. The average Bonchev–Trinajstić information content (AvgIpc) is 1.33. The first kappa shape index (κ1) is 9.83. The van der Waals surface area contributed by atoms with Gasteiger partial charge in [0.05, 0.1) is 0 Å². The van der Waals surface area contributed by atoms with E-state index in [0.29, 0.717) is 0 Å². The molecule has 0 heterocycles. The molecule has 0 rings (SSSR count). The van der Waals surface area contributed by atoms with Gasteiger partial charge in [-0.15, -0.1) is 6.58 Å². The molecule has 0 bridgehead atoms. The highest BCUT2D eigenvalue weighted by atomic mass is 15.4. The number of hydrogen-bond acceptors (Lipinski definition) is 2. The minimum atomic E-state index is 1.50. The zero-order chi connectivity index (χ0) is 6.28. The van der Waals surface area contributed by atoms with Crippen LogP contribution in [0, 0.1) is 0 Å². The molecule has 0 unspecified atom stereocenters. The van der Waals surface area contributed by atoms with Gasteiger partial charge in [-0.2, -0.15) is 0 Å². The number of nitrogens with two attached hydrogens (primary N) is 1. The van der Waals surface area contributed by atoms with Crippen LogP contribution in [0.5, 0.6) is 0 Å². The van der Waals surface area contributed by atoms with Crippen molar-refractivity contribution in [3.05, 3.63) is 12.7 Å². The fourth-order valence-electron chi connectivity index (χ4n) is 0. The van der Waals surface area contributed by atoms with Crippen molar-refractivity contribution in [2.24, 2.45) is 5.84 Å². The van der Waals surface area contributed by atoms with Gasteiger partial charge in [-0.25, -0.2) is 0 Å². The quantitative estimate of drug-likeness (QED) is 0.276. The van der Waals surface area contributed by atoms with E-state index in [2.05, 4.69) is 6.58 Å². The second kappa shape index (κ2) is 9.18. The van der Waals surface area contributed by atoms with Crippen LogP contribution in [0.1, 0.15) is 6.92 Å². The predicted octanol–water partition coefficient (Wildman–Crippen LogP) is 0.614. The third-order valence-corrected chi connectivity index (χ3v) is 0. The van der Waals surface area contributed by atoms with Gasteiger partial charge in [0, 0.05) is 14.1 Å². The highest BCUT2D eigenvalue weighted by Gasteiger charge is 1.57. The first-order valence-corrected chi connectivity index (χ1v) is 2.14. The minimum Gasteiger partial charge on any atom is -0.269 e. The van der Waals surface area contributed by atoms with Gasteiger partial charge in [-0.1, -0.05) is 6.08 Å². The van der Waals surface area contributed by atoms with Crippen LogP contribution in [-0.2, 0) is 0 Å². The van der Waals surface area contributed by atoms with E-state index in [1.54, 1.807) is 20.2 Å². The van der Waals surface area contributed by atoms with Crippen molar-refractivity contribution >= 4 is 0 Å². The topological polar surface area (TPSA) is 29.3 Å². The largest absolute Gasteiger partial charge is 0.269 e. The number of rotatable bonds is 0. The van der Waals surface area contributed by atoms with Crippen molar-refractivity contribution in [3.63, 3.8) is 0 Å². The lowest BCUT2D eigenvalue weighted by molar-refractivity contribution is 0.432. The summed E-state index contributed by atoms with van der Waals surface area (Å²) in [6.45, 7) is 5.25. The SMILES string of the molecule is C=CC.CN(C)N. The predicted molar refractivity (Wildman–Crippen MR) is 33.7 cm³/mol. The summed E-state index contributed by atoms with van der Waals surface area (Å²) >= 11 is 0. The first-order chi connectivity index (χ1) is 3.15. The van der Waals surface area contributed by atoms with Gasteiger partial charge in [-0.3, -0.25) is 10.9 Å². The molecule has 0 fully saturated rings. The van der Waals surface area contributed by atoms with Crippen LogP contribution in [0.15, 0.2) is 12.7 Å². The van der Waals surface area contributed by atoms with Gasteiger partial charge in [-0.05, 0) is 6.92 Å². The molecule has 2 nitrogen and oxygen atoms in total. The van der Waals surface area contributed by atoms with Gasteiger partial charge in [0.15, 0.2) is 0 Å². The second-order valence-corrected chi connectivity index (χ2v) is 1.37. The number of allylic oxidation sites excluding steroid dienone is 1. The maximum absolute atomic E-state index is 4.94. The highest BCUT2D eigenvalue weighted by molar-refractivity contribution is 4.51. The molecule has 0 radical (unpaired) electrons. The molecule has 0 aliphatic carbocycles. The number of nitrogens with zero attached hydrogens (tertiary/aromatic N) is 1. The second-order valence-electron chi connectivity index (χ2n) is 1.37. The van der Waals surface area contributed by atoms with E-state index in [1.807, 2.05) is 6.92 Å². The fraction of sp³-hybridized carbons (Fsp3) is 0.600. The summed E-state index contributed by atoms with van der Waals surface area (Å²) < 4.78 is 0. The molecular weight excluding hydrogens is 88.1 g/mol. The molecule has 0 spiro atoms. The molecule has 0 aromatic rings. The molecule has 0 aliphatic heterocycles. The molecule has 0 amide bonds. The summed E-state index contributed by atoms with van der Waals surface area (Å²) in [5.41, 5.74) is 0. The molecule has 0 saturated heterocycles. The lowest BCUT2D eigenvalue weighted by atomic mass is 10.8. The van der Waals surface area contributed by atoms with Gasteiger partial charge in [0.25, 0.3) is 0 Å². The third kappa shape index (κ3) is 656. The van der Waals surface area contributed by atoms with Crippen molar-refractivity contribution in [1.82, 2.24) is 5.01 Å². The summed E-state index contributed by atoms with van der Waals surface area (Å²) in [6.07, 6.45) is 1.75. The minimum absolute atomic E-state index is 1.50. The van der Waals surface area contributed by atoms with Crippen LogP contribution < -0.4 is 5.84 Å². The van der Waals surface area contributed by atoms with Crippen LogP contribution in [0.25, 0.3) is 0 Å². The molecule has 2 N–H and O–H groups in total. The summed E-state index contributed by atoms with van der Waals surface area (Å²) in [6, 6.07) is 0. The Kier molecular flexibility index (Phi) is 12.9. The van der Waals surface area contributed by atoms with E-state index >= 15 is 0 Å². The summed E-state index contributed by atoms with van der Waals surface area (Å²) in [5.74, 6) is 4.94. The number of hydrogen-bond donors (Lipinski definition) is 1. The maximum Gasteiger partial charge on any atom is 0.00105 e. The molecule has 44 valence electrons. The van der Waals surface area contributed by atoms with Crippen LogP contribution in [0.3, 0.4) is 0 Å². The van der Waals surface area contributed by atoms with Crippen molar-refractivity contribution in [1.29, 1.82) is 0 Å². The molecule has 0 aromatic heterocycles. The Morgan fingerprint density at radius 3 is 1.57 bits per heavy atom. The molecular formula is C5H14N2. The fourth-order valence-corrected chi connectivity index (χ4v) is 0. The monoisotopic (exact) mass is 102 g/mol. The van der Waals surface area contributed by atoms with Gasteiger partial charge in [0.2, 0.25) is 0 Å². The lowest BCUT2D eigenvalue weighted by Gasteiger charge is -1.91. The summed E-state index contributed by atoms with van der Waals surface area (Å²) in [7, 11) is 3.56.